The zero-order valence-corrected chi connectivity index (χ0v) is 8.02. The molecule has 2 heteroatoms. The van der Waals surface area contributed by atoms with Crippen LogP contribution in [0.3, 0.4) is 0 Å². The van der Waals surface area contributed by atoms with Crippen LogP contribution in [0.15, 0.2) is 11.1 Å². The summed E-state index contributed by atoms with van der Waals surface area (Å²) in [4.78, 5) is 0. The minimum Gasteiger partial charge on any atom is -0.394 e. The van der Waals surface area contributed by atoms with Gasteiger partial charge in [0.1, 0.15) is 0 Å². The molecule has 11 heavy (non-hydrogen) atoms. The summed E-state index contributed by atoms with van der Waals surface area (Å²) in [6.07, 6.45) is 1.20. The van der Waals surface area contributed by atoms with Gasteiger partial charge in [0.2, 0.25) is 0 Å². The summed E-state index contributed by atoms with van der Waals surface area (Å²) >= 11 is 0. The van der Waals surface area contributed by atoms with E-state index in [4.69, 9.17) is 10.2 Å². The summed E-state index contributed by atoms with van der Waals surface area (Å²) in [6.45, 7) is 8.41. The average Bonchev–Trinajstić information content (AvgIpc) is 2.03. The molecule has 0 atom stereocenters. The molecule has 0 aromatic carbocycles. The molecule has 0 amide bonds. The zero-order valence-electron chi connectivity index (χ0n) is 8.02. The Morgan fingerprint density at radius 3 is 1.36 bits per heavy atom. The maximum atomic E-state index is 7.62. The van der Waals surface area contributed by atoms with Crippen molar-refractivity contribution in [2.45, 2.75) is 34.1 Å². The van der Waals surface area contributed by atoms with E-state index in [1.165, 1.54) is 17.6 Å². The molecule has 2 N–H and O–H groups in total. The molecule has 68 valence electrons. The van der Waals surface area contributed by atoms with Gasteiger partial charge in [-0.3, -0.25) is 0 Å². The number of hydrogen-bond donors (Lipinski definition) is 2. The molecule has 2 nitrogen and oxygen atoms in total. The van der Waals surface area contributed by atoms with E-state index in [-0.39, 0.29) is 13.2 Å². The first-order chi connectivity index (χ1) is 5.09. The molecular weight excluding hydrogens is 140 g/mol. The fraction of sp³-hybridized carbons (Fsp3) is 0.778. The molecule has 0 aliphatic heterocycles. The zero-order chi connectivity index (χ0) is 9.28. The molecule has 0 aromatic rings. The van der Waals surface area contributed by atoms with Crippen LogP contribution < -0.4 is 0 Å². The highest BCUT2D eigenvalue weighted by Crippen LogP contribution is 2.04. The van der Waals surface area contributed by atoms with Crippen molar-refractivity contribution in [2.24, 2.45) is 0 Å². The molecule has 0 radical (unpaired) electrons. The highest BCUT2D eigenvalue weighted by atomic mass is 16.3. The predicted octanol–water partition coefficient (Wildman–Crippen LogP) is 1.72. The lowest BCUT2D eigenvalue weighted by Gasteiger charge is -1.94. The smallest absolute Gasteiger partial charge is 0.0662 e. The number of aliphatic hydroxyl groups is 2. The lowest BCUT2D eigenvalue weighted by molar-refractivity contribution is 0.186. The minimum absolute atomic E-state index is 0.125. The van der Waals surface area contributed by atoms with Gasteiger partial charge < -0.3 is 10.2 Å². The maximum Gasteiger partial charge on any atom is 0.0662 e. The van der Waals surface area contributed by atoms with Gasteiger partial charge in [-0.1, -0.05) is 18.1 Å². The third-order valence-corrected chi connectivity index (χ3v) is 1.48. The van der Waals surface area contributed by atoms with E-state index in [0.717, 1.165) is 0 Å². The first-order valence-electron chi connectivity index (χ1n) is 3.94. The number of allylic oxidation sites excluding steroid dienone is 2. The van der Waals surface area contributed by atoms with Crippen LogP contribution in [0, 0.1) is 0 Å². The van der Waals surface area contributed by atoms with E-state index in [0.29, 0.717) is 0 Å². The summed E-state index contributed by atoms with van der Waals surface area (Å²) in [5.74, 6) is 0. The molecule has 0 rings (SSSR count). The van der Waals surface area contributed by atoms with Crippen molar-refractivity contribution < 1.29 is 10.2 Å². The number of rotatable bonds is 2. The molecule has 0 unspecified atom stereocenters. The van der Waals surface area contributed by atoms with Gasteiger partial charge in [0.25, 0.3) is 0 Å². The predicted molar refractivity (Wildman–Crippen MR) is 48.5 cm³/mol. The summed E-state index contributed by atoms with van der Waals surface area (Å²) in [7, 11) is 0. The Morgan fingerprint density at radius 2 is 1.36 bits per heavy atom. The molecule has 0 spiro atoms. The third-order valence-electron chi connectivity index (χ3n) is 1.48. The Balaban J connectivity index is 0. The quantitative estimate of drug-likeness (QED) is 0.604. The van der Waals surface area contributed by atoms with E-state index in [9.17, 15) is 0 Å². The summed E-state index contributed by atoms with van der Waals surface area (Å²) in [5.41, 5.74) is 2.97. The Morgan fingerprint density at radius 1 is 1.00 bits per heavy atom. The standard InChI is InChI=1S/C7H14.C2H6O2/c1-5-7(4)6(2)3;3-1-2-4/h5H2,1-4H3;3-4H,1-2H2. The van der Waals surface area contributed by atoms with Gasteiger partial charge in [-0.2, -0.15) is 0 Å². The van der Waals surface area contributed by atoms with E-state index in [1.54, 1.807) is 0 Å². The van der Waals surface area contributed by atoms with Crippen LogP contribution in [-0.2, 0) is 0 Å². The second-order valence-corrected chi connectivity index (χ2v) is 2.58. The van der Waals surface area contributed by atoms with Crippen molar-refractivity contribution in [3.8, 4) is 0 Å². The van der Waals surface area contributed by atoms with Gasteiger partial charge >= 0.3 is 0 Å². The molecule has 0 saturated heterocycles. The molecule has 0 heterocycles. The van der Waals surface area contributed by atoms with Crippen LogP contribution in [0.5, 0.6) is 0 Å². The van der Waals surface area contributed by atoms with Crippen LogP contribution in [0.2, 0.25) is 0 Å². The van der Waals surface area contributed by atoms with Crippen LogP contribution in [0.1, 0.15) is 34.1 Å². The molecule has 0 aromatic heterocycles. The van der Waals surface area contributed by atoms with E-state index < -0.39 is 0 Å². The second kappa shape index (κ2) is 9.66. The van der Waals surface area contributed by atoms with Gasteiger partial charge in [-0.25, -0.2) is 0 Å². The fourth-order valence-corrected chi connectivity index (χ4v) is 0.354. The normalized spacial score (nSPS) is 8.18. The van der Waals surface area contributed by atoms with Crippen molar-refractivity contribution in [1.29, 1.82) is 0 Å². The monoisotopic (exact) mass is 160 g/mol. The highest BCUT2D eigenvalue weighted by molar-refractivity contribution is 5.05. The summed E-state index contributed by atoms with van der Waals surface area (Å²) in [6, 6.07) is 0. The SMILES string of the molecule is CCC(C)=C(C)C.OCCO. The molecular formula is C9H20O2. The number of hydrogen-bond acceptors (Lipinski definition) is 2. The van der Waals surface area contributed by atoms with Gasteiger partial charge in [-0.15, -0.1) is 0 Å². The lowest BCUT2D eigenvalue weighted by Crippen LogP contribution is -1.85. The maximum absolute atomic E-state index is 7.62. The number of aliphatic hydroxyl groups excluding tert-OH is 2. The van der Waals surface area contributed by atoms with Crippen LogP contribution in [0.4, 0.5) is 0 Å². The Kier molecular flexibility index (Phi) is 11.6. The summed E-state index contributed by atoms with van der Waals surface area (Å²) in [5, 5.41) is 15.2. The van der Waals surface area contributed by atoms with Crippen LogP contribution in [0.25, 0.3) is 0 Å². The topological polar surface area (TPSA) is 40.5 Å². The average molecular weight is 160 g/mol. The molecule has 0 aliphatic rings. The summed E-state index contributed by atoms with van der Waals surface area (Å²) < 4.78 is 0. The van der Waals surface area contributed by atoms with Crippen LogP contribution in [-0.4, -0.2) is 23.4 Å². The van der Waals surface area contributed by atoms with E-state index >= 15 is 0 Å². The first kappa shape index (κ1) is 13.3. The fourth-order valence-electron chi connectivity index (χ4n) is 0.354. The first-order valence-corrected chi connectivity index (χ1v) is 3.94. The minimum atomic E-state index is -0.125. The Bertz CT molecular complexity index is 100. The van der Waals surface area contributed by atoms with Gasteiger partial charge in [0.05, 0.1) is 13.2 Å². The van der Waals surface area contributed by atoms with Crippen molar-refractivity contribution in [3.05, 3.63) is 11.1 Å². The molecule has 0 aliphatic carbocycles. The van der Waals surface area contributed by atoms with Gasteiger partial charge in [0, 0.05) is 0 Å². The Hall–Kier alpha value is -0.340. The Labute approximate surface area is 69.6 Å². The molecule has 0 fully saturated rings. The molecule has 0 saturated carbocycles. The van der Waals surface area contributed by atoms with Crippen molar-refractivity contribution in [2.75, 3.05) is 13.2 Å². The van der Waals surface area contributed by atoms with E-state index in [2.05, 4.69) is 27.7 Å². The third kappa shape index (κ3) is 12.8. The van der Waals surface area contributed by atoms with Crippen LogP contribution >= 0.6 is 0 Å². The largest absolute Gasteiger partial charge is 0.394 e. The molecule has 0 bridgehead atoms. The van der Waals surface area contributed by atoms with Gasteiger partial charge in [0.15, 0.2) is 0 Å². The lowest BCUT2D eigenvalue weighted by atomic mass is 10.1. The van der Waals surface area contributed by atoms with Crippen molar-refractivity contribution in [3.63, 3.8) is 0 Å². The highest BCUT2D eigenvalue weighted by Gasteiger charge is 1.82. The van der Waals surface area contributed by atoms with Crippen molar-refractivity contribution >= 4 is 0 Å². The second-order valence-electron chi connectivity index (χ2n) is 2.58. The van der Waals surface area contributed by atoms with Gasteiger partial charge in [-0.05, 0) is 27.2 Å². The van der Waals surface area contributed by atoms with E-state index in [1.807, 2.05) is 0 Å². The van der Waals surface area contributed by atoms with Crippen molar-refractivity contribution in [1.82, 2.24) is 0 Å².